The molecule has 1 aromatic carbocycles. The topological polar surface area (TPSA) is 51.5 Å². The summed E-state index contributed by atoms with van der Waals surface area (Å²) in [6.07, 6.45) is 1.19. The monoisotopic (exact) mass is 339 g/mol. The molecule has 1 atom stereocenters. The predicted molar refractivity (Wildman–Crippen MR) is 81.6 cm³/mol. The summed E-state index contributed by atoms with van der Waals surface area (Å²) in [5.41, 5.74) is 0.881. The fraction of sp³-hybridized carbons (Fsp3) is 0.400. The Bertz CT molecular complexity index is 594. The molecule has 0 radical (unpaired) electrons. The maximum atomic E-state index is 11.0. The molecule has 1 heterocycles. The van der Waals surface area contributed by atoms with Gasteiger partial charge in [-0.15, -0.1) is 0 Å². The van der Waals surface area contributed by atoms with E-state index in [9.17, 15) is 4.79 Å². The van der Waals surface area contributed by atoms with E-state index in [1.54, 1.807) is 0 Å². The molecule has 0 bridgehead atoms. The Morgan fingerprint density at radius 1 is 1.45 bits per heavy atom. The van der Waals surface area contributed by atoms with Gasteiger partial charge in [-0.2, -0.15) is 0 Å². The van der Waals surface area contributed by atoms with E-state index < -0.39 is 0 Å². The second kappa shape index (κ2) is 6.90. The molecule has 0 saturated heterocycles. The number of benzene rings is 1. The van der Waals surface area contributed by atoms with Crippen LogP contribution in [-0.4, -0.2) is 19.6 Å². The Labute approximate surface area is 126 Å². The lowest BCUT2D eigenvalue weighted by molar-refractivity contribution is -0.140. The van der Waals surface area contributed by atoms with Crippen molar-refractivity contribution >= 4 is 32.9 Å². The minimum Gasteiger partial charge on any atom is -0.469 e. The van der Waals surface area contributed by atoms with Gasteiger partial charge in [0.1, 0.15) is 11.3 Å². The SMILES string of the molecule is COC(=O)CCCNC(C)c1cc2cc(Br)ccc2o1. The van der Waals surface area contributed by atoms with Gasteiger partial charge in [0.05, 0.1) is 13.2 Å². The van der Waals surface area contributed by atoms with Gasteiger partial charge in [-0.3, -0.25) is 4.79 Å². The van der Waals surface area contributed by atoms with Crippen LogP contribution in [0.1, 0.15) is 31.6 Å². The lowest BCUT2D eigenvalue weighted by Gasteiger charge is -2.10. The molecule has 0 saturated carbocycles. The summed E-state index contributed by atoms with van der Waals surface area (Å²) in [4.78, 5) is 11.0. The van der Waals surface area contributed by atoms with Gasteiger partial charge in [0.2, 0.25) is 0 Å². The number of methoxy groups -OCH3 is 1. The molecule has 20 heavy (non-hydrogen) atoms. The van der Waals surface area contributed by atoms with Gasteiger partial charge in [0, 0.05) is 16.3 Å². The first-order valence-corrected chi connectivity index (χ1v) is 7.38. The molecule has 108 valence electrons. The number of ether oxygens (including phenoxy) is 1. The van der Waals surface area contributed by atoms with Crippen molar-refractivity contribution in [3.05, 3.63) is 34.5 Å². The minimum atomic E-state index is -0.173. The maximum absolute atomic E-state index is 11.0. The molecule has 2 rings (SSSR count). The summed E-state index contributed by atoms with van der Waals surface area (Å²) in [6.45, 7) is 2.79. The van der Waals surface area contributed by atoms with Crippen molar-refractivity contribution in [2.24, 2.45) is 0 Å². The molecule has 0 aliphatic heterocycles. The quantitative estimate of drug-likeness (QED) is 0.642. The number of nitrogens with one attached hydrogen (secondary N) is 1. The minimum absolute atomic E-state index is 0.110. The van der Waals surface area contributed by atoms with E-state index in [4.69, 9.17) is 4.42 Å². The highest BCUT2D eigenvalue weighted by Gasteiger charge is 2.11. The number of furan rings is 1. The first kappa shape index (κ1) is 15.1. The summed E-state index contributed by atoms with van der Waals surface area (Å²) in [5.74, 6) is 0.726. The zero-order chi connectivity index (χ0) is 14.5. The fourth-order valence-electron chi connectivity index (χ4n) is 2.00. The second-order valence-corrected chi connectivity index (χ2v) is 5.60. The summed E-state index contributed by atoms with van der Waals surface area (Å²) in [7, 11) is 1.41. The highest BCUT2D eigenvalue weighted by Crippen LogP contribution is 2.26. The van der Waals surface area contributed by atoms with Crippen LogP contribution < -0.4 is 5.32 Å². The van der Waals surface area contributed by atoms with Gasteiger partial charge in [-0.05, 0) is 44.2 Å². The van der Waals surface area contributed by atoms with Crippen molar-refractivity contribution < 1.29 is 13.9 Å². The smallest absolute Gasteiger partial charge is 0.305 e. The first-order chi connectivity index (χ1) is 9.60. The number of fused-ring (bicyclic) bond motifs is 1. The van der Waals surface area contributed by atoms with Crippen molar-refractivity contribution in [3.63, 3.8) is 0 Å². The van der Waals surface area contributed by atoms with Crippen molar-refractivity contribution in [3.8, 4) is 0 Å². The van der Waals surface area contributed by atoms with E-state index in [2.05, 4.69) is 26.0 Å². The molecule has 4 nitrogen and oxygen atoms in total. The Kier molecular flexibility index (Phi) is 5.20. The number of carbonyl (C=O) groups excluding carboxylic acids is 1. The van der Waals surface area contributed by atoms with Crippen LogP contribution in [0.5, 0.6) is 0 Å². The van der Waals surface area contributed by atoms with Crippen LogP contribution in [-0.2, 0) is 9.53 Å². The molecule has 1 unspecified atom stereocenters. The van der Waals surface area contributed by atoms with E-state index in [1.807, 2.05) is 31.2 Å². The van der Waals surface area contributed by atoms with Crippen LogP contribution in [0.3, 0.4) is 0 Å². The molecule has 0 aliphatic rings. The summed E-state index contributed by atoms with van der Waals surface area (Å²) in [5, 5.41) is 4.42. The number of hydrogen-bond donors (Lipinski definition) is 1. The van der Waals surface area contributed by atoms with Crippen LogP contribution in [0, 0.1) is 0 Å². The van der Waals surface area contributed by atoms with Gasteiger partial charge >= 0.3 is 5.97 Å². The normalized spacial score (nSPS) is 12.6. The Balaban J connectivity index is 1.90. The van der Waals surface area contributed by atoms with Crippen LogP contribution in [0.25, 0.3) is 11.0 Å². The third kappa shape index (κ3) is 3.84. The molecule has 0 fully saturated rings. The molecule has 0 spiro atoms. The van der Waals surface area contributed by atoms with Crippen molar-refractivity contribution in [1.29, 1.82) is 0 Å². The second-order valence-electron chi connectivity index (χ2n) is 4.69. The average molecular weight is 340 g/mol. The summed E-state index contributed by atoms with van der Waals surface area (Å²) < 4.78 is 11.5. The lowest BCUT2D eigenvalue weighted by Crippen LogP contribution is -2.20. The van der Waals surface area contributed by atoms with Gasteiger partial charge in [-0.1, -0.05) is 15.9 Å². The van der Waals surface area contributed by atoms with Crippen LogP contribution in [0.15, 0.2) is 33.2 Å². The van der Waals surface area contributed by atoms with Crippen LogP contribution in [0.2, 0.25) is 0 Å². The highest BCUT2D eigenvalue weighted by molar-refractivity contribution is 9.10. The Morgan fingerprint density at radius 2 is 2.25 bits per heavy atom. The van der Waals surface area contributed by atoms with E-state index in [0.29, 0.717) is 6.42 Å². The van der Waals surface area contributed by atoms with Crippen LogP contribution in [0.4, 0.5) is 0 Å². The van der Waals surface area contributed by atoms with Gasteiger partial charge in [0.15, 0.2) is 0 Å². The van der Waals surface area contributed by atoms with Crippen molar-refractivity contribution in [2.75, 3.05) is 13.7 Å². The lowest BCUT2D eigenvalue weighted by atomic mass is 10.2. The number of rotatable bonds is 6. The molecule has 1 aromatic heterocycles. The Hall–Kier alpha value is -1.33. The predicted octanol–water partition coefficient (Wildman–Crippen LogP) is 3.80. The van der Waals surface area contributed by atoms with E-state index >= 15 is 0 Å². The molecular weight excluding hydrogens is 322 g/mol. The van der Waals surface area contributed by atoms with E-state index in [1.165, 1.54) is 7.11 Å². The number of carbonyl (C=O) groups is 1. The van der Waals surface area contributed by atoms with Gasteiger partial charge < -0.3 is 14.5 Å². The largest absolute Gasteiger partial charge is 0.469 e. The van der Waals surface area contributed by atoms with Gasteiger partial charge in [0.25, 0.3) is 0 Å². The van der Waals surface area contributed by atoms with Gasteiger partial charge in [-0.25, -0.2) is 0 Å². The number of hydrogen-bond acceptors (Lipinski definition) is 4. The molecule has 1 N–H and O–H groups in total. The molecule has 0 amide bonds. The van der Waals surface area contributed by atoms with Crippen molar-refractivity contribution in [1.82, 2.24) is 5.32 Å². The summed E-state index contributed by atoms with van der Waals surface area (Å²) >= 11 is 3.45. The number of esters is 1. The average Bonchev–Trinajstić information content (AvgIpc) is 2.86. The van der Waals surface area contributed by atoms with Crippen LogP contribution >= 0.6 is 15.9 Å². The standard InChI is InChI=1S/C15H18BrNO3/c1-10(17-7-3-4-15(18)19-2)14-9-11-8-12(16)5-6-13(11)20-14/h5-6,8-10,17H,3-4,7H2,1-2H3. The van der Waals surface area contributed by atoms with Crippen molar-refractivity contribution in [2.45, 2.75) is 25.8 Å². The summed E-state index contributed by atoms with van der Waals surface area (Å²) in [6, 6.07) is 8.10. The number of halogens is 1. The first-order valence-electron chi connectivity index (χ1n) is 6.59. The zero-order valence-electron chi connectivity index (χ0n) is 11.6. The third-order valence-corrected chi connectivity index (χ3v) is 3.65. The third-order valence-electron chi connectivity index (χ3n) is 3.16. The van der Waals surface area contributed by atoms with E-state index in [-0.39, 0.29) is 12.0 Å². The maximum Gasteiger partial charge on any atom is 0.305 e. The Morgan fingerprint density at radius 3 is 3.00 bits per heavy atom. The molecule has 5 heteroatoms. The van der Waals surface area contributed by atoms with E-state index in [0.717, 1.165) is 34.2 Å². The molecule has 2 aromatic rings. The zero-order valence-corrected chi connectivity index (χ0v) is 13.2. The molecular formula is C15H18BrNO3. The highest BCUT2D eigenvalue weighted by atomic mass is 79.9. The molecule has 0 aliphatic carbocycles. The fourth-order valence-corrected chi connectivity index (χ4v) is 2.38.